The Morgan fingerprint density at radius 3 is 2.82 bits per heavy atom. The number of hydrogen-bond acceptors (Lipinski definition) is 6. The first kappa shape index (κ1) is 13.4. The van der Waals surface area contributed by atoms with Crippen LogP contribution in [0.15, 0.2) is 24.3 Å². The van der Waals surface area contributed by atoms with Gasteiger partial charge in [-0.15, -0.1) is 0 Å². The number of anilines is 1. The SMILES string of the molecule is O=Cc1sc(N2CCOCC2)nc1-c1nc2ccccc2[nH]1. The van der Waals surface area contributed by atoms with E-state index in [2.05, 4.69) is 19.9 Å². The Kier molecular flexibility index (Phi) is 3.36. The summed E-state index contributed by atoms with van der Waals surface area (Å²) in [7, 11) is 0. The lowest BCUT2D eigenvalue weighted by molar-refractivity contribution is 0.112. The minimum absolute atomic E-state index is 0.598. The van der Waals surface area contributed by atoms with Gasteiger partial charge in [-0.2, -0.15) is 0 Å². The second kappa shape index (κ2) is 5.51. The van der Waals surface area contributed by atoms with Crippen LogP contribution >= 0.6 is 11.3 Å². The van der Waals surface area contributed by atoms with Gasteiger partial charge in [-0.3, -0.25) is 4.79 Å². The lowest BCUT2D eigenvalue weighted by Gasteiger charge is -2.25. The molecule has 1 N–H and O–H groups in total. The molecule has 3 heterocycles. The summed E-state index contributed by atoms with van der Waals surface area (Å²) in [5.74, 6) is 0.638. The number of nitrogens with one attached hydrogen (secondary N) is 1. The van der Waals surface area contributed by atoms with Crippen molar-refractivity contribution >= 4 is 33.8 Å². The van der Waals surface area contributed by atoms with Crippen LogP contribution in [0.25, 0.3) is 22.6 Å². The van der Waals surface area contributed by atoms with Crippen LogP contribution in [0.4, 0.5) is 5.13 Å². The number of rotatable bonds is 3. The summed E-state index contributed by atoms with van der Waals surface area (Å²) in [4.78, 5) is 26.5. The number of morpholine rings is 1. The molecule has 0 saturated carbocycles. The third-order valence-corrected chi connectivity index (χ3v) is 4.69. The average molecular weight is 314 g/mol. The van der Waals surface area contributed by atoms with Crippen molar-refractivity contribution in [2.24, 2.45) is 0 Å². The van der Waals surface area contributed by atoms with Crippen LogP contribution in [-0.4, -0.2) is 47.5 Å². The summed E-state index contributed by atoms with van der Waals surface area (Å²) in [6, 6.07) is 7.78. The van der Waals surface area contributed by atoms with Crippen molar-refractivity contribution in [3.8, 4) is 11.5 Å². The van der Waals surface area contributed by atoms with Crippen LogP contribution in [0.2, 0.25) is 0 Å². The molecule has 7 heteroatoms. The van der Waals surface area contributed by atoms with Gasteiger partial charge in [-0.1, -0.05) is 23.5 Å². The van der Waals surface area contributed by atoms with Gasteiger partial charge in [-0.05, 0) is 12.1 Å². The summed E-state index contributed by atoms with van der Waals surface area (Å²) in [6.07, 6.45) is 0.851. The first-order chi connectivity index (χ1) is 10.8. The van der Waals surface area contributed by atoms with Gasteiger partial charge >= 0.3 is 0 Å². The van der Waals surface area contributed by atoms with Gasteiger partial charge in [0.2, 0.25) is 0 Å². The number of thiazole rings is 1. The number of para-hydroxylation sites is 2. The number of nitrogens with zero attached hydrogens (tertiary/aromatic N) is 3. The lowest BCUT2D eigenvalue weighted by atomic mass is 10.3. The van der Waals surface area contributed by atoms with Gasteiger partial charge in [0.15, 0.2) is 17.2 Å². The Morgan fingerprint density at radius 2 is 2.05 bits per heavy atom. The van der Waals surface area contributed by atoms with Gasteiger partial charge < -0.3 is 14.6 Å². The molecule has 0 spiro atoms. The molecule has 1 saturated heterocycles. The highest BCUT2D eigenvalue weighted by Gasteiger charge is 2.20. The molecular formula is C15H14N4O2S. The standard InChI is InChI=1S/C15H14N4O2S/c20-9-12-13(14-16-10-3-1-2-4-11(10)17-14)18-15(22-12)19-5-7-21-8-6-19/h1-4,9H,5-8H2,(H,16,17). The van der Waals surface area contributed by atoms with E-state index in [-0.39, 0.29) is 0 Å². The summed E-state index contributed by atoms with van der Waals surface area (Å²) in [5, 5.41) is 0.848. The zero-order chi connectivity index (χ0) is 14.9. The van der Waals surface area contributed by atoms with Crippen molar-refractivity contribution in [2.75, 3.05) is 31.2 Å². The largest absolute Gasteiger partial charge is 0.378 e. The first-order valence-electron chi connectivity index (χ1n) is 7.09. The van der Waals surface area contributed by atoms with Crippen molar-refractivity contribution in [2.45, 2.75) is 0 Å². The van der Waals surface area contributed by atoms with Crippen LogP contribution < -0.4 is 4.90 Å². The fraction of sp³-hybridized carbons (Fsp3) is 0.267. The van der Waals surface area contributed by atoms with E-state index in [1.807, 2.05) is 24.3 Å². The Labute approximate surface area is 130 Å². The Morgan fingerprint density at radius 1 is 1.23 bits per heavy atom. The second-order valence-corrected chi connectivity index (χ2v) is 6.04. The van der Waals surface area contributed by atoms with E-state index >= 15 is 0 Å². The fourth-order valence-corrected chi connectivity index (χ4v) is 3.46. The molecular weight excluding hydrogens is 300 g/mol. The van der Waals surface area contributed by atoms with Gasteiger partial charge in [-0.25, -0.2) is 9.97 Å². The van der Waals surface area contributed by atoms with E-state index in [0.717, 1.165) is 35.5 Å². The van der Waals surface area contributed by atoms with Crippen LogP contribution in [0.1, 0.15) is 9.67 Å². The van der Waals surface area contributed by atoms with Crippen molar-refractivity contribution in [3.63, 3.8) is 0 Å². The third kappa shape index (κ3) is 2.28. The summed E-state index contributed by atoms with van der Waals surface area (Å²) >= 11 is 1.40. The van der Waals surface area contributed by atoms with E-state index in [1.165, 1.54) is 11.3 Å². The van der Waals surface area contributed by atoms with Crippen molar-refractivity contribution in [1.82, 2.24) is 15.0 Å². The Balaban J connectivity index is 1.76. The number of aromatic amines is 1. The van der Waals surface area contributed by atoms with E-state index in [4.69, 9.17) is 4.74 Å². The topological polar surface area (TPSA) is 71.1 Å². The number of fused-ring (bicyclic) bond motifs is 1. The van der Waals surface area contributed by atoms with Crippen LogP contribution in [0.5, 0.6) is 0 Å². The lowest BCUT2D eigenvalue weighted by Crippen LogP contribution is -2.36. The highest BCUT2D eigenvalue weighted by Crippen LogP contribution is 2.32. The highest BCUT2D eigenvalue weighted by atomic mass is 32.1. The monoisotopic (exact) mass is 314 g/mol. The molecule has 1 aliphatic rings. The molecule has 0 aliphatic carbocycles. The number of benzene rings is 1. The summed E-state index contributed by atoms with van der Waals surface area (Å²) in [6.45, 7) is 2.97. The zero-order valence-electron chi connectivity index (χ0n) is 11.8. The van der Waals surface area contributed by atoms with Crippen LogP contribution in [0, 0.1) is 0 Å². The van der Waals surface area contributed by atoms with Crippen molar-refractivity contribution in [1.29, 1.82) is 0 Å². The predicted octanol–water partition coefficient (Wildman–Crippen LogP) is 2.34. The quantitative estimate of drug-likeness (QED) is 0.751. The summed E-state index contributed by atoms with van der Waals surface area (Å²) < 4.78 is 5.36. The normalized spacial score (nSPS) is 15.4. The van der Waals surface area contributed by atoms with E-state index in [9.17, 15) is 4.79 Å². The van der Waals surface area contributed by atoms with Gasteiger partial charge in [0.1, 0.15) is 5.69 Å². The average Bonchev–Trinajstić information content (AvgIpc) is 3.19. The maximum atomic E-state index is 11.4. The van der Waals surface area contributed by atoms with Gasteiger partial charge in [0.25, 0.3) is 0 Å². The molecule has 6 nitrogen and oxygen atoms in total. The number of imidazole rings is 1. The smallest absolute Gasteiger partial charge is 0.186 e. The second-order valence-electron chi connectivity index (χ2n) is 5.03. The Hall–Kier alpha value is -2.25. The minimum Gasteiger partial charge on any atom is -0.378 e. The van der Waals surface area contributed by atoms with Crippen LogP contribution in [0.3, 0.4) is 0 Å². The van der Waals surface area contributed by atoms with Gasteiger partial charge in [0.05, 0.1) is 29.1 Å². The maximum absolute atomic E-state index is 11.4. The molecule has 0 unspecified atom stereocenters. The predicted molar refractivity (Wildman–Crippen MR) is 85.6 cm³/mol. The number of aromatic nitrogens is 3. The molecule has 0 radical (unpaired) electrons. The number of H-pyrrole nitrogens is 1. The molecule has 2 aromatic heterocycles. The Bertz CT molecular complexity index is 787. The minimum atomic E-state index is 0.598. The maximum Gasteiger partial charge on any atom is 0.186 e. The molecule has 1 fully saturated rings. The first-order valence-corrected chi connectivity index (χ1v) is 7.90. The molecule has 0 bridgehead atoms. The number of carbonyl (C=O) groups excluding carboxylic acids is 1. The number of carbonyl (C=O) groups is 1. The van der Waals surface area contributed by atoms with E-state index in [1.54, 1.807) is 0 Å². The van der Waals surface area contributed by atoms with E-state index < -0.39 is 0 Å². The molecule has 0 atom stereocenters. The van der Waals surface area contributed by atoms with E-state index in [0.29, 0.717) is 29.6 Å². The number of ether oxygens (including phenoxy) is 1. The molecule has 112 valence electrons. The molecule has 3 aromatic rings. The molecule has 4 rings (SSSR count). The van der Waals surface area contributed by atoms with Crippen LogP contribution in [-0.2, 0) is 4.74 Å². The molecule has 0 amide bonds. The fourth-order valence-electron chi connectivity index (χ4n) is 2.52. The highest BCUT2D eigenvalue weighted by molar-refractivity contribution is 7.17. The zero-order valence-corrected chi connectivity index (χ0v) is 12.6. The number of hydrogen-bond donors (Lipinski definition) is 1. The molecule has 22 heavy (non-hydrogen) atoms. The van der Waals surface area contributed by atoms with Crippen molar-refractivity contribution < 1.29 is 9.53 Å². The third-order valence-electron chi connectivity index (χ3n) is 3.64. The summed E-state index contributed by atoms with van der Waals surface area (Å²) in [5.41, 5.74) is 2.43. The van der Waals surface area contributed by atoms with Gasteiger partial charge in [0, 0.05) is 13.1 Å². The van der Waals surface area contributed by atoms with Crippen molar-refractivity contribution in [3.05, 3.63) is 29.1 Å². The molecule has 1 aromatic carbocycles. The molecule has 1 aliphatic heterocycles. The number of aldehydes is 1.